The molecule has 1 aliphatic heterocycles. The highest BCUT2D eigenvalue weighted by Gasteiger charge is 2.51. The van der Waals surface area contributed by atoms with E-state index in [0.29, 0.717) is 16.5 Å². The molecule has 0 amide bonds. The summed E-state index contributed by atoms with van der Waals surface area (Å²) in [6.45, 7) is 7.90. The second-order valence-electron chi connectivity index (χ2n) is 6.14. The van der Waals surface area contributed by atoms with Crippen molar-refractivity contribution in [3.63, 3.8) is 0 Å². The Labute approximate surface area is 117 Å². The number of aromatic nitrogens is 3. The molecule has 2 aromatic heterocycles. The first-order valence-electron chi connectivity index (χ1n) is 6.55. The zero-order valence-corrected chi connectivity index (χ0v) is 12.3. The predicted molar refractivity (Wildman–Crippen MR) is 74.2 cm³/mol. The lowest BCUT2D eigenvalue weighted by Crippen LogP contribution is -2.41. The van der Waals surface area contributed by atoms with Crippen molar-refractivity contribution in [2.75, 3.05) is 0 Å². The molecule has 5 nitrogen and oxygen atoms in total. The van der Waals surface area contributed by atoms with E-state index in [1.807, 2.05) is 27.7 Å². The van der Waals surface area contributed by atoms with Gasteiger partial charge in [0, 0.05) is 18.7 Å². The van der Waals surface area contributed by atoms with Crippen LogP contribution in [0.1, 0.15) is 27.7 Å². The number of rotatable bonds is 1. The zero-order valence-electron chi connectivity index (χ0n) is 12.3. The fraction of sp³-hybridized carbons (Fsp3) is 0.538. The second kappa shape index (κ2) is 4.02. The first-order valence-corrected chi connectivity index (χ1v) is 6.55. The minimum absolute atomic E-state index is 0.375. The van der Waals surface area contributed by atoms with Crippen molar-refractivity contribution >= 4 is 23.6 Å². The van der Waals surface area contributed by atoms with Crippen molar-refractivity contribution in [3.05, 3.63) is 18.2 Å². The van der Waals surface area contributed by atoms with E-state index < -0.39 is 24.3 Å². The lowest BCUT2D eigenvalue weighted by Gasteiger charge is -2.32. The fourth-order valence-corrected chi connectivity index (χ4v) is 2.22. The Hall–Kier alpha value is -1.47. The van der Waals surface area contributed by atoms with Crippen molar-refractivity contribution in [2.24, 2.45) is 7.05 Å². The summed E-state index contributed by atoms with van der Waals surface area (Å²) in [5.74, 6) is -0.534. The minimum atomic E-state index is -0.545. The molecule has 1 aliphatic rings. The molecule has 1 fully saturated rings. The molecule has 0 bridgehead atoms. The molecule has 20 heavy (non-hydrogen) atoms. The zero-order chi connectivity index (χ0) is 14.7. The van der Waals surface area contributed by atoms with Crippen LogP contribution in [0.5, 0.6) is 0 Å². The summed E-state index contributed by atoms with van der Waals surface area (Å²) in [4.78, 5) is 4.24. The molecule has 0 atom stereocenters. The van der Waals surface area contributed by atoms with E-state index >= 15 is 0 Å². The van der Waals surface area contributed by atoms with Crippen LogP contribution in [0.2, 0.25) is 0 Å². The third kappa shape index (κ3) is 1.84. The van der Waals surface area contributed by atoms with Gasteiger partial charge in [0.2, 0.25) is 5.95 Å². The topological polar surface area (TPSA) is 49.2 Å². The smallest absolute Gasteiger partial charge is 0.399 e. The molecule has 0 N–H and O–H groups in total. The largest absolute Gasteiger partial charge is 0.496 e. The number of nitrogens with zero attached hydrogens (tertiary/aromatic N) is 3. The van der Waals surface area contributed by atoms with Gasteiger partial charge in [0.15, 0.2) is 5.65 Å². The first kappa shape index (κ1) is 13.5. The van der Waals surface area contributed by atoms with Crippen LogP contribution in [0.4, 0.5) is 4.39 Å². The van der Waals surface area contributed by atoms with E-state index in [-0.39, 0.29) is 0 Å². The molecule has 0 spiro atoms. The van der Waals surface area contributed by atoms with Crippen LogP contribution in [0.3, 0.4) is 0 Å². The number of fused-ring (bicyclic) bond motifs is 1. The average molecular weight is 277 g/mol. The van der Waals surface area contributed by atoms with Crippen LogP contribution in [0.15, 0.2) is 12.3 Å². The Balaban J connectivity index is 2.02. The van der Waals surface area contributed by atoms with Gasteiger partial charge in [-0.3, -0.25) is 0 Å². The highest BCUT2D eigenvalue weighted by molar-refractivity contribution is 6.62. The van der Waals surface area contributed by atoms with Gasteiger partial charge in [0.1, 0.15) is 0 Å². The Morgan fingerprint density at radius 1 is 1.20 bits per heavy atom. The molecule has 0 aliphatic carbocycles. The Bertz CT molecular complexity index is 668. The van der Waals surface area contributed by atoms with Crippen LogP contribution in [-0.2, 0) is 16.4 Å². The van der Waals surface area contributed by atoms with Crippen molar-refractivity contribution in [1.82, 2.24) is 14.8 Å². The number of pyridine rings is 1. The predicted octanol–water partition coefficient (Wildman–Crippen LogP) is 1.41. The highest BCUT2D eigenvalue weighted by atomic mass is 19.1. The van der Waals surface area contributed by atoms with E-state index in [1.54, 1.807) is 19.3 Å². The average Bonchev–Trinajstić information content (AvgIpc) is 2.74. The van der Waals surface area contributed by atoms with Gasteiger partial charge < -0.3 is 9.31 Å². The molecule has 1 saturated heterocycles. The summed E-state index contributed by atoms with van der Waals surface area (Å²) in [6, 6.07) is 1.69. The standard InChI is InChI=1S/C13H17BFN3O2/c1-12(2)13(3,4)20-14(19-12)8-6-9-10(15)17-18(5)11(9)16-7-8/h6-7H,1-5H3. The number of hydrogen-bond donors (Lipinski definition) is 0. The Morgan fingerprint density at radius 2 is 1.80 bits per heavy atom. The van der Waals surface area contributed by atoms with Crippen LogP contribution in [0, 0.1) is 5.95 Å². The van der Waals surface area contributed by atoms with Gasteiger partial charge in [0.25, 0.3) is 0 Å². The van der Waals surface area contributed by atoms with E-state index in [0.717, 1.165) is 0 Å². The highest BCUT2D eigenvalue weighted by Crippen LogP contribution is 2.36. The summed E-state index contributed by atoms with van der Waals surface area (Å²) < 4.78 is 27.0. The molecule has 0 radical (unpaired) electrons. The van der Waals surface area contributed by atoms with E-state index in [9.17, 15) is 4.39 Å². The van der Waals surface area contributed by atoms with Gasteiger partial charge in [-0.2, -0.15) is 4.39 Å². The lowest BCUT2D eigenvalue weighted by atomic mass is 9.80. The Kier molecular flexibility index (Phi) is 2.72. The molecule has 7 heteroatoms. The molecular formula is C13H17BFN3O2. The Morgan fingerprint density at radius 3 is 2.40 bits per heavy atom. The number of hydrogen-bond acceptors (Lipinski definition) is 4. The van der Waals surface area contributed by atoms with Crippen molar-refractivity contribution in [2.45, 2.75) is 38.9 Å². The lowest BCUT2D eigenvalue weighted by molar-refractivity contribution is 0.00578. The third-order valence-electron chi connectivity index (χ3n) is 4.18. The molecule has 3 heterocycles. The quantitative estimate of drug-likeness (QED) is 0.739. The van der Waals surface area contributed by atoms with Crippen LogP contribution in [0.25, 0.3) is 11.0 Å². The molecule has 2 aromatic rings. The van der Waals surface area contributed by atoms with Crippen molar-refractivity contribution < 1.29 is 13.7 Å². The summed E-state index contributed by atoms with van der Waals surface area (Å²) in [7, 11) is 1.11. The molecule has 0 aromatic carbocycles. The van der Waals surface area contributed by atoms with Crippen LogP contribution in [-0.4, -0.2) is 33.1 Å². The van der Waals surface area contributed by atoms with E-state index in [2.05, 4.69) is 10.1 Å². The molecular weight excluding hydrogens is 260 g/mol. The third-order valence-corrected chi connectivity index (χ3v) is 4.18. The van der Waals surface area contributed by atoms with Gasteiger partial charge in [0.05, 0.1) is 16.6 Å². The second-order valence-corrected chi connectivity index (χ2v) is 6.14. The summed E-state index contributed by atoms with van der Waals surface area (Å²) >= 11 is 0. The maximum absolute atomic E-state index is 13.7. The van der Waals surface area contributed by atoms with Gasteiger partial charge in [-0.1, -0.05) is 0 Å². The SMILES string of the molecule is Cn1nc(F)c2cc(B3OC(C)(C)C(C)(C)O3)cnc21. The molecule has 3 rings (SSSR count). The maximum Gasteiger partial charge on any atom is 0.496 e. The first-order chi connectivity index (χ1) is 9.21. The summed E-state index contributed by atoms with van der Waals surface area (Å²) in [5.41, 5.74) is 0.339. The molecule has 106 valence electrons. The monoisotopic (exact) mass is 277 g/mol. The molecule has 0 unspecified atom stereocenters. The van der Waals surface area contributed by atoms with Crippen LogP contribution < -0.4 is 5.46 Å². The van der Waals surface area contributed by atoms with Crippen molar-refractivity contribution in [3.8, 4) is 0 Å². The van der Waals surface area contributed by atoms with Gasteiger partial charge in [-0.25, -0.2) is 9.67 Å². The van der Waals surface area contributed by atoms with Gasteiger partial charge in [-0.05, 0) is 33.8 Å². The molecule has 0 saturated carbocycles. The fourth-order valence-electron chi connectivity index (χ4n) is 2.22. The van der Waals surface area contributed by atoms with E-state index in [1.165, 1.54) is 4.68 Å². The minimum Gasteiger partial charge on any atom is -0.399 e. The number of halogens is 1. The number of aryl methyl sites for hydroxylation is 1. The van der Waals surface area contributed by atoms with Gasteiger partial charge >= 0.3 is 7.12 Å². The van der Waals surface area contributed by atoms with Crippen LogP contribution >= 0.6 is 0 Å². The van der Waals surface area contributed by atoms with Gasteiger partial charge in [-0.15, -0.1) is 5.10 Å². The summed E-state index contributed by atoms with van der Waals surface area (Å²) in [5, 5.41) is 4.10. The van der Waals surface area contributed by atoms with E-state index in [4.69, 9.17) is 9.31 Å². The maximum atomic E-state index is 13.7. The normalized spacial score (nSPS) is 20.8. The van der Waals surface area contributed by atoms with Crippen molar-refractivity contribution in [1.29, 1.82) is 0 Å². The summed E-state index contributed by atoms with van der Waals surface area (Å²) in [6.07, 6.45) is 1.64.